The van der Waals surface area contributed by atoms with Gasteiger partial charge >= 0.3 is 0 Å². The first-order valence-electron chi connectivity index (χ1n) is 13.2. The fourth-order valence-electron chi connectivity index (χ4n) is 5.74. The zero-order valence-corrected chi connectivity index (χ0v) is 22.0. The molecular weight excluding hydrogens is 466 g/mol. The van der Waals surface area contributed by atoms with Crippen molar-refractivity contribution in [1.82, 2.24) is 19.8 Å². The highest BCUT2D eigenvalue weighted by atomic mass is 16.5. The van der Waals surface area contributed by atoms with Crippen LogP contribution in [0.5, 0.6) is 11.5 Å². The molecule has 0 unspecified atom stereocenters. The molecule has 1 aromatic heterocycles. The standard InChI is InChI=1S/C29H37N5O3/c1-30-22-11-15-33(16-12-22)26-7-4-6-23-24(26)19-34(29(23)35)25(8-5-14-32-17-13-31-20-32)21-9-10-27(36-2)28(18-21)37-3/h4,6-7,9-10,13,17-18,20,22,25,30H,5,8,11-12,14-16,19H2,1-3H3/t25-/m1/s1. The fraction of sp³-hybridized carbons (Fsp3) is 0.448. The number of benzene rings is 2. The summed E-state index contributed by atoms with van der Waals surface area (Å²) in [5, 5.41) is 3.41. The molecule has 2 aliphatic heterocycles. The largest absolute Gasteiger partial charge is 0.493 e. The van der Waals surface area contributed by atoms with Gasteiger partial charge in [0.25, 0.3) is 5.91 Å². The van der Waals surface area contributed by atoms with Crippen molar-refractivity contribution < 1.29 is 14.3 Å². The normalized spacial score (nSPS) is 16.7. The van der Waals surface area contributed by atoms with Gasteiger partial charge in [0, 0.05) is 61.4 Å². The average molecular weight is 504 g/mol. The number of aromatic nitrogens is 2. The van der Waals surface area contributed by atoms with Crippen LogP contribution in [0.3, 0.4) is 0 Å². The lowest BCUT2D eigenvalue weighted by Crippen LogP contribution is -2.41. The van der Waals surface area contributed by atoms with Crippen LogP contribution in [0.1, 0.15) is 53.2 Å². The number of hydrogen-bond donors (Lipinski definition) is 1. The van der Waals surface area contributed by atoms with E-state index in [0.717, 1.165) is 62.0 Å². The van der Waals surface area contributed by atoms with E-state index in [2.05, 4.69) is 31.9 Å². The van der Waals surface area contributed by atoms with E-state index in [1.807, 2.05) is 48.7 Å². The molecule has 1 amide bonds. The minimum absolute atomic E-state index is 0.0777. The predicted octanol–water partition coefficient (Wildman–Crippen LogP) is 4.27. The highest BCUT2D eigenvalue weighted by Crippen LogP contribution is 2.40. The molecule has 0 radical (unpaired) electrons. The number of imidazole rings is 1. The Bertz CT molecular complexity index is 1200. The minimum Gasteiger partial charge on any atom is -0.493 e. The minimum atomic E-state index is -0.0777. The molecule has 0 saturated carbocycles. The van der Waals surface area contributed by atoms with Crippen molar-refractivity contribution >= 4 is 11.6 Å². The lowest BCUT2D eigenvalue weighted by Gasteiger charge is -2.34. The van der Waals surface area contributed by atoms with Gasteiger partial charge < -0.3 is 29.2 Å². The van der Waals surface area contributed by atoms with Gasteiger partial charge in [0.05, 0.1) is 26.6 Å². The van der Waals surface area contributed by atoms with E-state index in [1.54, 1.807) is 20.4 Å². The molecule has 0 bridgehead atoms. The van der Waals surface area contributed by atoms with E-state index in [9.17, 15) is 4.79 Å². The number of ether oxygens (including phenoxy) is 2. The highest BCUT2D eigenvalue weighted by Gasteiger charge is 2.36. The molecule has 1 fully saturated rings. The maximum absolute atomic E-state index is 13.8. The summed E-state index contributed by atoms with van der Waals surface area (Å²) in [4.78, 5) is 22.5. The molecule has 2 aromatic carbocycles. The summed E-state index contributed by atoms with van der Waals surface area (Å²) in [5.74, 6) is 1.47. The molecule has 1 saturated heterocycles. The Morgan fingerprint density at radius 2 is 1.92 bits per heavy atom. The van der Waals surface area contributed by atoms with Crippen LogP contribution in [0, 0.1) is 0 Å². The molecule has 3 heterocycles. The summed E-state index contributed by atoms with van der Waals surface area (Å²) in [5.41, 5.74) is 4.23. The lowest BCUT2D eigenvalue weighted by molar-refractivity contribution is 0.0688. The maximum Gasteiger partial charge on any atom is 0.255 e. The number of anilines is 1. The smallest absolute Gasteiger partial charge is 0.255 e. The van der Waals surface area contributed by atoms with E-state index < -0.39 is 0 Å². The lowest BCUT2D eigenvalue weighted by atomic mass is 9.99. The molecule has 0 aliphatic carbocycles. The average Bonchev–Trinajstić information content (AvgIpc) is 3.58. The number of aryl methyl sites for hydroxylation is 1. The molecule has 196 valence electrons. The van der Waals surface area contributed by atoms with Gasteiger partial charge in [-0.2, -0.15) is 0 Å². The number of methoxy groups -OCH3 is 2. The Morgan fingerprint density at radius 1 is 1.11 bits per heavy atom. The maximum atomic E-state index is 13.8. The third-order valence-electron chi connectivity index (χ3n) is 7.84. The van der Waals surface area contributed by atoms with Gasteiger partial charge in [-0.3, -0.25) is 4.79 Å². The van der Waals surface area contributed by atoms with Crippen LogP contribution in [0.25, 0.3) is 0 Å². The van der Waals surface area contributed by atoms with Crippen molar-refractivity contribution in [2.45, 2.75) is 50.9 Å². The molecule has 37 heavy (non-hydrogen) atoms. The first-order valence-corrected chi connectivity index (χ1v) is 13.2. The first kappa shape index (κ1) is 25.1. The van der Waals surface area contributed by atoms with Crippen molar-refractivity contribution in [3.05, 3.63) is 71.8 Å². The van der Waals surface area contributed by atoms with Crippen LogP contribution in [0.15, 0.2) is 55.1 Å². The monoisotopic (exact) mass is 503 g/mol. The van der Waals surface area contributed by atoms with Gasteiger partial charge in [0.15, 0.2) is 11.5 Å². The Morgan fingerprint density at radius 3 is 2.62 bits per heavy atom. The Balaban J connectivity index is 1.42. The van der Waals surface area contributed by atoms with Gasteiger partial charge in [0.1, 0.15) is 0 Å². The topological polar surface area (TPSA) is 71.9 Å². The van der Waals surface area contributed by atoms with Gasteiger partial charge in [0.2, 0.25) is 0 Å². The van der Waals surface area contributed by atoms with E-state index in [4.69, 9.17) is 9.47 Å². The van der Waals surface area contributed by atoms with Crippen LogP contribution >= 0.6 is 0 Å². The summed E-state index contributed by atoms with van der Waals surface area (Å²) >= 11 is 0. The number of rotatable bonds is 10. The molecule has 2 aliphatic rings. The van der Waals surface area contributed by atoms with Crippen molar-refractivity contribution in [3.8, 4) is 11.5 Å². The van der Waals surface area contributed by atoms with Crippen LogP contribution in [-0.4, -0.2) is 60.8 Å². The Labute approximate surface area is 219 Å². The zero-order valence-electron chi connectivity index (χ0n) is 22.0. The van der Waals surface area contributed by atoms with Crippen molar-refractivity contribution in [1.29, 1.82) is 0 Å². The zero-order chi connectivity index (χ0) is 25.8. The second-order valence-electron chi connectivity index (χ2n) is 9.86. The number of hydrogen-bond acceptors (Lipinski definition) is 6. The summed E-state index contributed by atoms with van der Waals surface area (Å²) in [6.07, 6.45) is 9.59. The first-order chi connectivity index (χ1) is 18.1. The van der Waals surface area contributed by atoms with Crippen LogP contribution in [0.2, 0.25) is 0 Å². The molecule has 8 nitrogen and oxygen atoms in total. The molecule has 1 atom stereocenters. The highest BCUT2D eigenvalue weighted by molar-refractivity contribution is 6.00. The third-order valence-corrected chi connectivity index (χ3v) is 7.84. The molecule has 0 spiro atoms. The number of piperidine rings is 1. The summed E-state index contributed by atoms with van der Waals surface area (Å²) in [6.45, 7) is 3.46. The third kappa shape index (κ3) is 5.16. The summed E-state index contributed by atoms with van der Waals surface area (Å²) in [6, 6.07) is 12.7. The van der Waals surface area contributed by atoms with Gasteiger partial charge in [-0.25, -0.2) is 4.98 Å². The Hall–Kier alpha value is -3.52. The summed E-state index contributed by atoms with van der Waals surface area (Å²) in [7, 11) is 5.33. The van der Waals surface area contributed by atoms with E-state index in [0.29, 0.717) is 24.1 Å². The number of amides is 1. The number of fused-ring (bicyclic) bond motifs is 1. The summed E-state index contributed by atoms with van der Waals surface area (Å²) < 4.78 is 13.2. The molecule has 5 rings (SSSR count). The SMILES string of the molecule is CNC1CCN(c2cccc3c2CN([C@H](CCCn2ccnc2)c2ccc(OC)c(OC)c2)C3=O)CC1. The van der Waals surface area contributed by atoms with Crippen LogP contribution < -0.4 is 19.7 Å². The van der Waals surface area contributed by atoms with E-state index >= 15 is 0 Å². The number of nitrogens with zero attached hydrogens (tertiary/aromatic N) is 4. The predicted molar refractivity (Wildman–Crippen MR) is 144 cm³/mol. The van der Waals surface area contributed by atoms with Crippen LogP contribution in [0.4, 0.5) is 5.69 Å². The second-order valence-corrected chi connectivity index (χ2v) is 9.86. The fourth-order valence-corrected chi connectivity index (χ4v) is 5.74. The number of carbonyl (C=O) groups excluding carboxylic acids is 1. The van der Waals surface area contributed by atoms with E-state index in [1.165, 1.54) is 5.69 Å². The van der Waals surface area contributed by atoms with Crippen molar-refractivity contribution in [3.63, 3.8) is 0 Å². The number of carbonyl (C=O) groups is 1. The second kappa shape index (κ2) is 11.3. The Kier molecular flexibility index (Phi) is 7.65. The molecular formula is C29H37N5O3. The van der Waals surface area contributed by atoms with Gasteiger partial charge in [-0.1, -0.05) is 12.1 Å². The molecule has 8 heteroatoms. The van der Waals surface area contributed by atoms with E-state index in [-0.39, 0.29) is 11.9 Å². The van der Waals surface area contributed by atoms with Gasteiger partial charge in [-0.05, 0) is 62.6 Å². The van der Waals surface area contributed by atoms with Crippen LogP contribution in [-0.2, 0) is 13.1 Å². The van der Waals surface area contributed by atoms with Crippen molar-refractivity contribution in [2.75, 3.05) is 39.3 Å². The number of nitrogens with one attached hydrogen (secondary N) is 1. The quantitative estimate of drug-likeness (QED) is 0.446. The molecule has 3 aromatic rings. The van der Waals surface area contributed by atoms with Crippen molar-refractivity contribution in [2.24, 2.45) is 0 Å². The van der Waals surface area contributed by atoms with Gasteiger partial charge in [-0.15, -0.1) is 0 Å². The molecule has 1 N–H and O–H groups in total.